The molecule has 2 heteroatoms. The Morgan fingerprint density at radius 3 is 1.77 bits per heavy atom. The van der Waals surface area contributed by atoms with Crippen molar-refractivity contribution in [2.45, 2.75) is 53.9 Å². The molecule has 0 fully saturated rings. The largest absolute Gasteiger partial charge is 0.286 e. The SMILES string of the molecule is CCC(C)(CC)CC(C)(C)C(=O)Br. The Kier molecular flexibility index (Phi) is 4.64. The Labute approximate surface area is 90.4 Å². The van der Waals surface area contributed by atoms with Gasteiger partial charge < -0.3 is 0 Å². The molecule has 0 aliphatic rings. The fourth-order valence-corrected chi connectivity index (χ4v) is 1.78. The lowest BCUT2D eigenvalue weighted by Crippen LogP contribution is -2.28. The van der Waals surface area contributed by atoms with Crippen molar-refractivity contribution >= 4 is 20.6 Å². The lowest BCUT2D eigenvalue weighted by atomic mass is 9.72. The predicted molar refractivity (Wildman–Crippen MR) is 61.0 cm³/mol. The van der Waals surface area contributed by atoms with Crippen molar-refractivity contribution in [2.24, 2.45) is 10.8 Å². The predicted octanol–water partition coefficient (Wildman–Crippen LogP) is 4.15. The summed E-state index contributed by atoms with van der Waals surface area (Å²) in [6, 6.07) is 0. The molecule has 0 rings (SSSR count). The number of carbonyl (C=O) groups is 1. The average molecular weight is 249 g/mol. The van der Waals surface area contributed by atoms with Crippen LogP contribution in [0.25, 0.3) is 0 Å². The highest BCUT2D eigenvalue weighted by Gasteiger charge is 2.33. The molecular formula is C11H21BrO. The Morgan fingerprint density at radius 1 is 1.15 bits per heavy atom. The van der Waals surface area contributed by atoms with Crippen molar-refractivity contribution < 1.29 is 4.79 Å². The van der Waals surface area contributed by atoms with Gasteiger partial charge in [0.15, 0.2) is 0 Å². The molecule has 0 aliphatic carbocycles. The topological polar surface area (TPSA) is 17.1 Å². The van der Waals surface area contributed by atoms with Crippen molar-refractivity contribution in [3.63, 3.8) is 0 Å². The maximum Gasteiger partial charge on any atom is 0.203 e. The number of halogens is 1. The zero-order valence-corrected chi connectivity index (χ0v) is 11.0. The molecular weight excluding hydrogens is 228 g/mol. The van der Waals surface area contributed by atoms with E-state index >= 15 is 0 Å². The van der Waals surface area contributed by atoms with Gasteiger partial charge in [-0.3, -0.25) is 4.79 Å². The summed E-state index contributed by atoms with van der Waals surface area (Å²) in [5.74, 6) is 0. The van der Waals surface area contributed by atoms with E-state index in [0.29, 0.717) is 5.41 Å². The van der Waals surface area contributed by atoms with Gasteiger partial charge in [0.05, 0.1) is 0 Å². The molecule has 0 aliphatic heterocycles. The minimum Gasteiger partial charge on any atom is -0.286 e. The number of carbonyl (C=O) groups excluding carboxylic acids is 1. The molecule has 78 valence electrons. The van der Waals surface area contributed by atoms with Crippen LogP contribution in [0.2, 0.25) is 0 Å². The fraction of sp³-hybridized carbons (Fsp3) is 0.909. The van der Waals surface area contributed by atoms with Crippen LogP contribution in [0.1, 0.15) is 53.9 Å². The molecule has 0 aromatic heterocycles. The maximum atomic E-state index is 11.3. The van der Waals surface area contributed by atoms with Gasteiger partial charge in [-0.1, -0.05) is 47.5 Å². The van der Waals surface area contributed by atoms with Crippen LogP contribution in [0.5, 0.6) is 0 Å². The van der Waals surface area contributed by atoms with E-state index in [1.54, 1.807) is 0 Å². The zero-order valence-electron chi connectivity index (χ0n) is 9.41. The second kappa shape index (κ2) is 4.59. The summed E-state index contributed by atoms with van der Waals surface area (Å²) in [5.41, 5.74) is 0.0632. The number of rotatable bonds is 5. The summed E-state index contributed by atoms with van der Waals surface area (Å²) in [6.45, 7) is 10.7. The summed E-state index contributed by atoms with van der Waals surface area (Å²) in [5, 5.41) is 0. The molecule has 0 amide bonds. The lowest BCUT2D eigenvalue weighted by Gasteiger charge is -2.34. The summed E-state index contributed by atoms with van der Waals surface area (Å²) in [6.07, 6.45) is 3.22. The third-order valence-corrected chi connectivity index (χ3v) is 4.18. The maximum absolute atomic E-state index is 11.3. The molecule has 13 heavy (non-hydrogen) atoms. The van der Waals surface area contributed by atoms with E-state index in [1.165, 1.54) is 0 Å². The third kappa shape index (κ3) is 3.80. The smallest absolute Gasteiger partial charge is 0.203 e. The van der Waals surface area contributed by atoms with E-state index in [9.17, 15) is 4.79 Å². The Morgan fingerprint density at radius 2 is 1.54 bits per heavy atom. The summed E-state index contributed by atoms with van der Waals surface area (Å²) in [4.78, 5) is 11.3. The molecule has 0 saturated carbocycles. The van der Waals surface area contributed by atoms with Gasteiger partial charge in [-0.05, 0) is 27.8 Å². The van der Waals surface area contributed by atoms with E-state index in [0.717, 1.165) is 19.3 Å². The molecule has 0 N–H and O–H groups in total. The Balaban J connectivity index is 4.48. The number of hydrogen-bond acceptors (Lipinski definition) is 1. The Bertz CT molecular complexity index is 181. The molecule has 0 unspecified atom stereocenters. The highest BCUT2D eigenvalue weighted by atomic mass is 79.9. The first-order chi connectivity index (χ1) is 5.77. The fourth-order valence-electron chi connectivity index (χ4n) is 1.64. The van der Waals surface area contributed by atoms with Gasteiger partial charge >= 0.3 is 0 Å². The molecule has 0 aromatic carbocycles. The average Bonchev–Trinajstić information content (AvgIpc) is 2.03. The van der Waals surface area contributed by atoms with E-state index < -0.39 is 0 Å². The van der Waals surface area contributed by atoms with Crippen LogP contribution >= 0.6 is 15.9 Å². The highest BCUT2D eigenvalue weighted by molar-refractivity contribution is 9.18. The van der Waals surface area contributed by atoms with Crippen LogP contribution in [0.15, 0.2) is 0 Å². The highest BCUT2D eigenvalue weighted by Crippen LogP contribution is 2.40. The molecule has 0 bridgehead atoms. The molecule has 0 heterocycles. The van der Waals surface area contributed by atoms with Crippen LogP contribution in [-0.2, 0) is 4.79 Å². The second-order valence-electron chi connectivity index (χ2n) is 4.85. The first kappa shape index (κ1) is 13.2. The van der Waals surface area contributed by atoms with Gasteiger partial charge in [-0.2, -0.15) is 0 Å². The van der Waals surface area contributed by atoms with Crippen molar-refractivity contribution in [3.05, 3.63) is 0 Å². The van der Waals surface area contributed by atoms with E-state index in [1.807, 2.05) is 13.8 Å². The summed E-state index contributed by atoms with van der Waals surface area (Å²) < 4.78 is 0.119. The molecule has 0 saturated heterocycles. The van der Waals surface area contributed by atoms with Crippen molar-refractivity contribution in [3.8, 4) is 0 Å². The minimum atomic E-state index is -0.235. The van der Waals surface area contributed by atoms with Gasteiger partial charge in [-0.15, -0.1) is 0 Å². The first-order valence-electron chi connectivity index (χ1n) is 4.97. The van der Waals surface area contributed by atoms with Gasteiger partial charge in [0.1, 0.15) is 0 Å². The molecule has 0 aromatic rings. The van der Waals surface area contributed by atoms with Crippen LogP contribution in [0.3, 0.4) is 0 Å². The molecule has 0 radical (unpaired) electrons. The zero-order chi connectivity index (χ0) is 10.7. The van der Waals surface area contributed by atoms with Gasteiger partial charge in [0.2, 0.25) is 4.69 Å². The first-order valence-corrected chi connectivity index (χ1v) is 5.76. The Hall–Kier alpha value is 0.150. The van der Waals surface area contributed by atoms with Crippen molar-refractivity contribution in [1.82, 2.24) is 0 Å². The van der Waals surface area contributed by atoms with Gasteiger partial charge in [-0.25, -0.2) is 0 Å². The second-order valence-corrected chi connectivity index (χ2v) is 5.57. The minimum absolute atomic E-state index is 0.119. The summed E-state index contributed by atoms with van der Waals surface area (Å²) >= 11 is 3.07. The van der Waals surface area contributed by atoms with Crippen molar-refractivity contribution in [1.29, 1.82) is 0 Å². The van der Waals surface area contributed by atoms with Crippen LogP contribution in [-0.4, -0.2) is 4.69 Å². The van der Waals surface area contributed by atoms with Gasteiger partial charge in [0, 0.05) is 5.41 Å². The number of hydrogen-bond donors (Lipinski definition) is 0. The van der Waals surface area contributed by atoms with Crippen LogP contribution in [0, 0.1) is 10.8 Å². The van der Waals surface area contributed by atoms with Crippen LogP contribution < -0.4 is 0 Å². The van der Waals surface area contributed by atoms with Crippen LogP contribution in [0.4, 0.5) is 0 Å². The standard InChI is InChI=1S/C11H21BrO/c1-6-11(5,7-2)8-10(3,4)9(12)13/h6-8H2,1-5H3. The van der Waals surface area contributed by atoms with E-state index in [4.69, 9.17) is 0 Å². The quantitative estimate of drug-likeness (QED) is 0.669. The molecule has 0 atom stereocenters. The monoisotopic (exact) mass is 248 g/mol. The summed E-state index contributed by atoms with van der Waals surface area (Å²) in [7, 11) is 0. The van der Waals surface area contributed by atoms with E-state index in [2.05, 4.69) is 36.7 Å². The van der Waals surface area contributed by atoms with E-state index in [-0.39, 0.29) is 10.1 Å². The normalized spacial score (nSPS) is 13.1. The molecule has 0 spiro atoms. The lowest BCUT2D eigenvalue weighted by molar-refractivity contribution is -0.119. The molecule has 1 nitrogen and oxygen atoms in total. The van der Waals surface area contributed by atoms with Gasteiger partial charge in [0.25, 0.3) is 0 Å². The van der Waals surface area contributed by atoms with Crippen molar-refractivity contribution in [2.75, 3.05) is 0 Å². The third-order valence-electron chi connectivity index (χ3n) is 3.11.